The molecule has 0 aromatic heterocycles. The molecule has 0 unspecified atom stereocenters. The van der Waals surface area contributed by atoms with E-state index in [0.717, 1.165) is 32.2 Å². The maximum absolute atomic E-state index is 11.5. The van der Waals surface area contributed by atoms with Gasteiger partial charge in [-0.05, 0) is 31.6 Å². The maximum Gasteiger partial charge on any atom is 0.314 e. The number of nitrogens with one attached hydrogen (secondary N) is 2. The van der Waals surface area contributed by atoms with E-state index in [-0.39, 0.29) is 6.03 Å². The fourth-order valence-electron chi connectivity index (χ4n) is 2.10. The molecule has 4 heteroatoms. The normalized spacial score (nSPS) is 15.7. The summed E-state index contributed by atoms with van der Waals surface area (Å²) in [7, 11) is 0. The highest BCUT2D eigenvalue weighted by atomic mass is 16.3. The summed E-state index contributed by atoms with van der Waals surface area (Å²) in [5.74, 6) is 0.686. The van der Waals surface area contributed by atoms with E-state index >= 15 is 0 Å². The molecule has 3 N–H and O–H groups in total. The van der Waals surface area contributed by atoms with Crippen LogP contribution in [0.3, 0.4) is 0 Å². The van der Waals surface area contributed by atoms with Crippen molar-refractivity contribution in [1.29, 1.82) is 0 Å². The zero-order valence-electron chi connectivity index (χ0n) is 11.1. The first-order valence-corrected chi connectivity index (χ1v) is 6.83. The summed E-state index contributed by atoms with van der Waals surface area (Å²) in [6, 6.07) is -0.150. The molecular formula is C13H26N2O2. The molecule has 0 saturated heterocycles. The highest BCUT2D eigenvalue weighted by Gasteiger charge is 2.26. The van der Waals surface area contributed by atoms with Crippen molar-refractivity contribution in [3.63, 3.8) is 0 Å². The molecule has 0 radical (unpaired) electrons. The predicted molar refractivity (Wildman–Crippen MR) is 68.9 cm³/mol. The Morgan fingerprint density at radius 3 is 2.29 bits per heavy atom. The SMILES string of the molecule is CCCC(O)(CCC)CNC(=O)NCC1CC1. The van der Waals surface area contributed by atoms with Gasteiger partial charge in [-0.2, -0.15) is 0 Å². The summed E-state index contributed by atoms with van der Waals surface area (Å²) in [6.07, 6.45) is 5.81. The largest absolute Gasteiger partial charge is 0.388 e. The fraction of sp³-hybridized carbons (Fsp3) is 0.923. The second kappa shape index (κ2) is 6.84. The van der Waals surface area contributed by atoms with Crippen LogP contribution in [0.2, 0.25) is 0 Å². The Morgan fingerprint density at radius 2 is 1.82 bits per heavy atom. The van der Waals surface area contributed by atoms with Crippen molar-refractivity contribution >= 4 is 6.03 Å². The fourth-order valence-corrected chi connectivity index (χ4v) is 2.10. The molecule has 0 atom stereocenters. The van der Waals surface area contributed by atoms with Gasteiger partial charge in [0, 0.05) is 13.1 Å². The number of aliphatic hydroxyl groups is 1. The van der Waals surface area contributed by atoms with Gasteiger partial charge in [-0.15, -0.1) is 0 Å². The first-order valence-electron chi connectivity index (χ1n) is 6.83. The van der Waals surface area contributed by atoms with E-state index in [1.807, 2.05) is 13.8 Å². The Balaban J connectivity index is 2.21. The number of rotatable bonds is 8. The number of carbonyl (C=O) groups is 1. The molecular weight excluding hydrogens is 216 g/mol. The average molecular weight is 242 g/mol. The lowest BCUT2D eigenvalue weighted by Crippen LogP contribution is -2.46. The standard InChI is InChI=1S/C13H26N2O2/c1-3-7-13(17,8-4-2)10-15-12(16)14-9-11-5-6-11/h11,17H,3-10H2,1-2H3,(H2,14,15,16). The third-order valence-electron chi connectivity index (χ3n) is 3.26. The van der Waals surface area contributed by atoms with Crippen molar-refractivity contribution in [2.45, 2.75) is 58.0 Å². The Morgan fingerprint density at radius 1 is 1.24 bits per heavy atom. The Kier molecular flexibility index (Phi) is 5.75. The summed E-state index contributed by atoms with van der Waals surface area (Å²) in [5, 5.41) is 15.9. The second-order valence-electron chi connectivity index (χ2n) is 5.23. The number of amides is 2. The molecule has 0 bridgehead atoms. The van der Waals surface area contributed by atoms with E-state index < -0.39 is 5.60 Å². The lowest BCUT2D eigenvalue weighted by atomic mass is 9.93. The number of hydrogen-bond donors (Lipinski definition) is 3. The minimum absolute atomic E-state index is 0.150. The van der Waals surface area contributed by atoms with Crippen LogP contribution in [0.5, 0.6) is 0 Å². The Labute approximate surface area is 104 Å². The van der Waals surface area contributed by atoms with Crippen LogP contribution in [-0.4, -0.2) is 29.8 Å². The van der Waals surface area contributed by atoms with Gasteiger partial charge in [0.1, 0.15) is 0 Å². The zero-order valence-corrected chi connectivity index (χ0v) is 11.1. The molecule has 17 heavy (non-hydrogen) atoms. The summed E-state index contributed by atoms with van der Waals surface area (Å²) in [6.45, 7) is 5.22. The van der Waals surface area contributed by atoms with Crippen molar-refractivity contribution in [2.75, 3.05) is 13.1 Å². The van der Waals surface area contributed by atoms with E-state index in [1.165, 1.54) is 12.8 Å². The Bertz CT molecular complexity index is 234. The molecule has 1 rings (SSSR count). The minimum atomic E-state index is -0.736. The van der Waals surface area contributed by atoms with Crippen molar-refractivity contribution in [1.82, 2.24) is 10.6 Å². The van der Waals surface area contributed by atoms with Crippen LogP contribution in [0, 0.1) is 5.92 Å². The summed E-state index contributed by atoms with van der Waals surface area (Å²) >= 11 is 0. The number of urea groups is 1. The number of hydrogen-bond acceptors (Lipinski definition) is 2. The quantitative estimate of drug-likeness (QED) is 0.610. The second-order valence-corrected chi connectivity index (χ2v) is 5.23. The van der Waals surface area contributed by atoms with Crippen LogP contribution in [0.15, 0.2) is 0 Å². The topological polar surface area (TPSA) is 61.4 Å². The van der Waals surface area contributed by atoms with Gasteiger partial charge in [-0.1, -0.05) is 26.7 Å². The first-order chi connectivity index (χ1) is 8.09. The molecule has 0 aromatic carbocycles. The van der Waals surface area contributed by atoms with Gasteiger partial charge >= 0.3 is 6.03 Å². The van der Waals surface area contributed by atoms with E-state index in [4.69, 9.17) is 0 Å². The molecule has 0 heterocycles. The molecule has 1 aliphatic carbocycles. The van der Waals surface area contributed by atoms with Crippen LogP contribution in [0.1, 0.15) is 52.4 Å². The van der Waals surface area contributed by atoms with Crippen molar-refractivity contribution in [3.05, 3.63) is 0 Å². The van der Waals surface area contributed by atoms with Crippen LogP contribution in [0.25, 0.3) is 0 Å². The van der Waals surface area contributed by atoms with Crippen LogP contribution in [0.4, 0.5) is 4.79 Å². The van der Waals surface area contributed by atoms with Crippen LogP contribution < -0.4 is 10.6 Å². The van der Waals surface area contributed by atoms with Gasteiger partial charge in [-0.25, -0.2) is 4.79 Å². The molecule has 1 aliphatic rings. The molecule has 0 aromatic rings. The summed E-state index contributed by atoms with van der Waals surface area (Å²) in [5.41, 5.74) is -0.736. The Hall–Kier alpha value is -0.770. The van der Waals surface area contributed by atoms with Gasteiger partial charge < -0.3 is 15.7 Å². The predicted octanol–water partition coefficient (Wildman–Crippen LogP) is 2.03. The van der Waals surface area contributed by atoms with E-state index in [0.29, 0.717) is 12.5 Å². The van der Waals surface area contributed by atoms with Gasteiger partial charge in [0.2, 0.25) is 0 Å². The number of carbonyl (C=O) groups excluding carboxylic acids is 1. The van der Waals surface area contributed by atoms with Gasteiger partial charge in [-0.3, -0.25) is 0 Å². The van der Waals surface area contributed by atoms with Gasteiger partial charge in [0.05, 0.1) is 5.60 Å². The van der Waals surface area contributed by atoms with Crippen molar-refractivity contribution < 1.29 is 9.90 Å². The first kappa shape index (κ1) is 14.3. The molecule has 0 spiro atoms. The van der Waals surface area contributed by atoms with Crippen molar-refractivity contribution in [3.8, 4) is 0 Å². The molecule has 1 fully saturated rings. The smallest absolute Gasteiger partial charge is 0.314 e. The van der Waals surface area contributed by atoms with Crippen LogP contribution in [-0.2, 0) is 0 Å². The zero-order chi connectivity index (χ0) is 12.7. The van der Waals surface area contributed by atoms with Crippen molar-refractivity contribution in [2.24, 2.45) is 5.92 Å². The maximum atomic E-state index is 11.5. The highest BCUT2D eigenvalue weighted by Crippen LogP contribution is 2.27. The molecule has 0 aliphatic heterocycles. The third kappa shape index (κ3) is 5.91. The lowest BCUT2D eigenvalue weighted by Gasteiger charge is -2.27. The van der Waals surface area contributed by atoms with Gasteiger partial charge in [0.15, 0.2) is 0 Å². The summed E-state index contributed by atoms with van der Waals surface area (Å²) < 4.78 is 0. The molecule has 2 amide bonds. The van der Waals surface area contributed by atoms with E-state index in [9.17, 15) is 9.90 Å². The molecule has 1 saturated carbocycles. The average Bonchev–Trinajstić information content (AvgIpc) is 3.08. The van der Waals surface area contributed by atoms with E-state index in [1.54, 1.807) is 0 Å². The van der Waals surface area contributed by atoms with E-state index in [2.05, 4.69) is 10.6 Å². The highest BCUT2D eigenvalue weighted by molar-refractivity contribution is 5.73. The van der Waals surface area contributed by atoms with Gasteiger partial charge in [0.25, 0.3) is 0 Å². The van der Waals surface area contributed by atoms with Crippen LogP contribution >= 0.6 is 0 Å². The molecule has 100 valence electrons. The lowest BCUT2D eigenvalue weighted by molar-refractivity contribution is 0.0241. The third-order valence-corrected chi connectivity index (χ3v) is 3.26. The monoisotopic (exact) mass is 242 g/mol. The molecule has 4 nitrogen and oxygen atoms in total. The summed E-state index contributed by atoms with van der Waals surface area (Å²) in [4.78, 5) is 11.5. The minimum Gasteiger partial charge on any atom is -0.388 e.